The molecule has 0 bridgehead atoms. The van der Waals surface area contributed by atoms with Gasteiger partial charge in [0.25, 0.3) is 0 Å². The van der Waals surface area contributed by atoms with Crippen LogP contribution in [0.2, 0.25) is 5.02 Å². The van der Waals surface area contributed by atoms with Gasteiger partial charge in [0.05, 0.1) is 5.02 Å². The van der Waals surface area contributed by atoms with E-state index in [1.807, 2.05) is 0 Å². The van der Waals surface area contributed by atoms with Crippen molar-refractivity contribution in [1.82, 2.24) is 4.90 Å². The molecule has 0 radical (unpaired) electrons. The number of ether oxygens (including phenoxy) is 3. The number of hydrogen-bond acceptors (Lipinski definition) is 5. The van der Waals surface area contributed by atoms with E-state index in [9.17, 15) is 9.59 Å². The van der Waals surface area contributed by atoms with E-state index in [0.29, 0.717) is 61.4 Å². The van der Waals surface area contributed by atoms with Crippen molar-refractivity contribution in [2.24, 2.45) is 0 Å². The van der Waals surface area contributed by atoms with Crippen molar-refractivity contribution < 1.29 is 28.9 Å². The number of carbonyl (C=O) groups is 2. The molecule has 0 aromatic heterocycles. The number of rotatable bonds is 5. The van der Waals surface area contributed by atoms with Gasteiger partial charge in [-0.3, -0.25) is 9.59 Å². The second kappa shape index (κ2) is 8.42. The quantitative estimate of drug-likeness (QED) is 0.787. The predicted molar refractivity (Wildman–Crippen MR) is 94.7 cm³/mol. The molecule has 2 heterocycles. The van der Waals surface area contributed by atoms with Crippen molar-refractivity contribution in [3.05, 3.63) is 28.8 Å². The Bertz CT molecular complexity index is 714. The summed E-state index contributed by atoms with van der Waals surface area (Å²) in [6.45, 7) is 1.59. The van der Waals surface area contributed by atoms with E-state index < -0.39 is 5.97 Å². The summed E-state index contributed by atoms with van der Waals surface area (Å²) >= 11 is 6.19. The third-order valence-electron chi connectivity index (χ3n) is 4.26. The molecule has 1 aromatic rings. The molecule has 0 spiro atoms. The number of benzene rings is 1. The molecule has 7 nitrogen and oxygen atoms in total. The molecule has 1 amide bonds. The van der Waals surface area contributed by atoms with Crippen molar-refractivity contribution >= 4 is 29.6 Å². The Hall–Kier alpha value is -2.25. The molecule has 1 fully saturated rings. The summed E-state index contributed by atoms with van der Waals surface area (Å²) in [6.07, 6.45) is 4.21. The van der Waals surface area contributed by atoms with Crippen LogP contribution < -0.4 is 9.47 Å². The normalized spacial score (nSPS) is 17.3. The summed E-state index contributed by atoms with van der Waals surface area (Å²) in [5.41, 5.74) is 0.676. The van der Waals surface area contributed by atoms with E-state index in [-0.39, 0.29) is 18.5 Å². The monoisotopic (exact) mass is 381 g/mol. The Morgan fingerprint density at radius 1 is 1.19 bits per heavy atom. The fraction of sp³-hybridized carbons (Fsp3) is 0.444. The van der Waals surface area contributed by atoms with Crippen LogP contribution in [0.3, 0.4) is 0 Å². The number of carbonyl (C=O) groups excluding carboxylic acids is 1. The van der Waals surface area contributed by atoms with Crippen LogP contribution in [-0.4, -0.2) is 60.9 Å². The van der Waals surface area contributed by atoms with Crippen LogP contribution in [0.1, 0.15) is 18.4 Å². The summed E-state index contributed by atoms with van der Waals surface area (Å²) in [5, 5.41) is 9.52. The van der Waals surface area contributed by atoms with Gasteiger partial charge in [-0.1, -0.05) is 11.6 Å². The number of hydrogen-bond donors (Lipinski definition) is 1. The van der Waals surface area contributed by atoms with Gasteiger partial charge in [0.2, 0.25) is 5.91 Å². The Labute approximate surface area is 156 Å². The predicted octanol–water partition coefficient (Wildman–Crippen LogP) is 2.22. The van der Waals surface area contributed by atoms with Gasteiger partial charge in [0.1, 0.15) is 19.8 Å². The van der Waals surface area contributed by atoms with Crippen molar-refractivity contribution in [3.8, 4) is 11.5 Å². The van der Waals surface area contributed by atoms with Crippen molar-refractivity contribution in [3.63, 3.8) is 0 Å². The maximum atomic E-state index is 12.6. The third-order valence-corrected chi connectivity index (χ3v) is 4.54. The molecule has 8 heteroatoms. The number of aliphatic carboxylic acids is 1. The minimum atomic E-state index is -1.04. The summed E-state index contributed by atoms with van der Waals surface area (Å²) in [6, 6.07) is 3.27. The third kappa shape index (κ3) is 4.47. The molecule has 26 heavy (non-hydrogen) atoms. The zero-order chi connectivity index (χ0) is 18.5. The van der Waals surface area contributed by atoms with Gasteiger partial charge in [0.15, 0.2) is 11.5 Å². The minimum Gasteiger partial charge on any atom is -0.486 e. The average Bonchev–Trinajstić information content (AvgIpc) is 2.65. The van der Waals surface area contributed by atoms with Gasteiger partial charge in [-0.25, -0.2) is 0 Å². The lowest BCUT2D eigenvalue weighted by molar-refractivity contribution is -0.145. The smallest absolute Gasteiger partial charge is 0.323 e. The number of halogens is 1. The number of fused-ring (bicyclic) bond motifs is 1. The van der Waals surface area contributed by atoms with E-state index in [1.165, 1.54) is 11.0 Å². The lowest BCUT2D eigenvalue weighted by atomic mass is 10.1. The zero-order valence-corrected chi connectivity index (χ0v) is 14.9. The van der Waals surface area contributed by atoms with E-state index in [4.69, 9.17) is 30.9 Å². The van der Waals surface area contributed by atoms with E-state index in [2.05, 4.69) is 0 Å². The molecule has 2 aliphatic rings. The van der Waals surface area contributed by atoms with Crippen LogP contribution in [-0.2, 0) is 14.3 Å². The molecule has 0 unspecified atom stereocenters. The molecule has 1 saturated heterocycles. The fourth-order valence-corrected chi connectivity index (χ4v) is 3.29. The first-order valence-electron chi connectivity index (χ1n) is 8.42. The molecule has 0 saturated carbocycles. The maximum Gasteiger partial charge on any atom is 0.323 e. The first-order valence-corrected chi connectivity index (χ1v) is 8.80. The van der Waals surface area contributed by atoms with Gasteiger partial charge in [-0.2, -0.15) is 0 Å². The van der Waals surface area contributed by atoms with Crippen LogP contribution in [0, 0.1) is 0 Å². The second-order valence-corrected chi connectivity index (χ2v) is 6.47. The zero-order valence-electron chi connectivity index (χ0n) is 14.2. The molecule has 0 atom stereocenters. The highest BCUT2D eigenvalue weighted by Crippen LogP contribution is 2.38. The Morgan fingerprint density at radius 2 is 1.92 bits per heavy atom. The molecular formula is C18H20ClNO6. The van der Waals surface area contributed by atoms with Crippen molar-refractivity contribution in [2.45, 2.75) is 18.9 Å². The van der Waals surface area contributed by atoms with Crippen molar-refractivity contribution in [2.75, 3.05) is 33.0 Å². The summed E-state index contributed by atoms with van der Waals surface area (Å²) in [5.74, 6) is -0.371. The minimum absolute atomic E-state index is 0.138. The van der Waals surface area contributed by atoms with Crippen LogP contribution in [0.5, 0.6) is 11.5 Å². The number of nitrogens with zero attached hydrogens (tertiary/aromatic N) is 1. The molecule has 0 aliphatic carbocycles. The highest BCUT2D eigenvalue weighted by molar-refractivity contribution is 6.32. The first-order chi connectivity index (χ1) is 12.5. The molecule has 140 valence electrons. The maximum absolute atomic E-state index is 12.6. The molecule has 3 rings (SSSR count). The van der Waals surface area contributed by atoms with Crippen LogP contribution in [0.25, 0.3) is 6.08 Å². The van der Waals surface area contributed by atoms with Crippen LogP contribution in [0.15, 0.2) is 18.2 Å². The van der Waals surface area contributed by atoms with Crippen LogP contribution >= 0.6 is 11.6 Å². The Morgan fingerprint density at radius 3 is 2.65 bits per heavy atom. The Balaban J connectivity index is 1.75. The van der Waals surface area contributed by atoms with Gasteiger partial charge < -0.3 is 24.2 Å². The lowest BCUT2D eigenvalue weighted by Crippen LogP contribution is -2.45. The van der Waals surface area contributed by atoms with Gasteiger partial charge in [0, 0.05) is 25.3 Å². The molecule has 1 aromatic carbocycles. The van der Waals surface area contributed by atoms with Crippen LogP contribution in [0.4, 0.5) is 0 Å². The van der Waals surface area contributed by atoms with Gasteiger partial charge >= 0.3 is 5.97 Å². The average molecular weight is 382 g/mol. The van der Waals surface area contributed by atoms with E-state index in [1.54, 1.807) is 18.2 Å². The number of amides is 1. The van der Waals surface area contributed by atoms with Crippen molar-refractivity contribution in [1.29, 1.82) is 0 Å². The second-order valence-electron chi connectivity index (χ2n) is 6.06. The standard InChI is InChI=1S/C18H20ClNO6/c19-14-9-12(10-15-18(14)26-8-7-25-15)1-2-16(21)20(11-17(22)23)13-3-5-24-6-4-13/h1-2,9-10,13H,3-8,11H2,(H,22,23). The SMILES string of the molecule is O=C(O)CN(C(=O)C=Cc1cc(Cl)c2c(c1)OCCO2)C1CCOCC1. The van der Waals surface area contributed by atoms with Gasteiger partial charge in [-0.15, -0.1) is 0 Å². The summed E-state index contributed by atoms with van der Waals surface area (Å²) in [4.78, 5) is 25.1. The lowest BCUT2D eigenvalue weighted by Gasteiger charge is -2.32. The topological polar surface area (TPSA) is 85.3 Å². The molecular weight excluding hydrogens is 362 g/mol. The number of carboxylic acid groups (broad SMARTS) is 1. The Kier molecular flexibility index (Phi) is 6.00. The molecule has 2 aliphatic heterocycles. The molecule has 1 N–H and O–H groups in total. The van der Waals surface area contributed by atoms with Gasteiger partial charge in [-0.05, 0) is 36.6 Å². The van der Waals surface area contributed by atoms with E-state index in [0.717, 1.165) is 0 Å². The first kappa shape index (κ1) is 18.5. The highest BCUT2D eigenvalue weighted by Gasteiger charge is 2.26. The number of carboxylic acids is 1. The fourth-order valence-electron chi connectivity index (χ4n) is 3.02. The van der Waals surface area contributed by atoms with E-state index >= 15 is 0 Å². The summed E-state index contributed by atoms with van der Waals surface area (Å²) < 4.78 is 16.3. The largest absolute Gasteiger partial charge is 0.486 e. The highest BCUT2D eigenvalue weighted by atomic mass is 35.5. The summed E-state index contributed by atoms with van der Waals surface area (Å²) in [7, 11) is 0.